The molecule has 88 valence electrons. The summed E-state index contributed by atoms with van der Waals surface area (Å²) >= 11 is 6.15. The van der Waals surface area contributed by atoms with Crippen molar-refractivity contribution in [2.45, 2.75) is 0 Å². The maximum absolute atomic E-state index is 11.1. The minimum Gasteiger partial charge on any atom is -0.298 e. The molecule has 4 nitrogen and oxygen atoms in total. The van der Waals surface area contributed by atoms with Gasteiger partial charge in [-0.1, -0.05) is 35.0 Å². The third-order valence-electron chi connectivity index (χ3n) is 2.71. The average molecular weight is 258 g/mol. The molecule has 0 aliphatic rings. The van der Waals surface area contributed by atoms with Crippen LogP contribution in [0.4, 0.5) is 0 Å². The predicted octanol–water partition coefficient (Wildman–Crippen LogP) is 2.89. The molecular formula is C13H8ClN3O. The van der Waals surface area contributed by atoms with Gasteiger partial charge in [0.15, 0.2) is 6.29 Å². The van der Waals surface area contributed by atoms with Gasteiger partial charge in [0.2, 0.25) is 0 Å². The molecule has 0 N–H and O–H groups in total. The van der Waals surface area contributed by atoms with E-state index in [2.05, 4.69) is 10.3 Å². The summed E-state index contributed by atoms with van der Waals surface area (Å²) < 4.78 is 1.58. The molecule has 1 aromatic heterocycles. The van der Waals surface area contributed by atoms with E-state index in [1.807, 2.05) is 24.3 Å². The Hall–Kier alpha value is -2.20. The Labute approximate surface area is 108 Å². The molecule has 3 aromatic rings. The summed E-state index contributed by atoms with van der Waals surface area (Å²) in [5.41, 5.74) is 2.61. The fourth-order valence-corrected chi connectivity index (χ4v) is 2.15. The number of nitrogens with zero attached hydrogens (tertiary/aromatic N) is 3. The highest BCUT2D eigenvalue weighted by molar-refractivity contribution is 6.33. The minimum absolute atomic E-state index is 0.468. The first-order valence-corrected chi connectivity index (χ1v) is 5.73. The SMILES string of the molecule is O=Cc1cccc(Cl)c1-n1nnc2ccccc21. The topological polar surface area (TPSA) is 47.8 Å². The summed E-state index contributed by atoms with van der Waals surface area (Å²) in [6, 6.07) is 12.7. The molecule has 0 radical (unpaired) electrons. The molecule has 0 bridgehead atoms. The second kappa shape index (κ2) is 4.23. The van der Waals surface area contributed by atoms with Gasteiger partial charge in [0, 0.05) is 5.56 Å². The van der Waals surface area contributed by atoms with Crippen LogP contribution in [0.25, 0.3) is 16.7 Å². The molecule has 0 saturated carbocycles. The van der Waals surface area contributed by atoms with Gasteiger partial charge in [0.25, 0.3) is 0 Å². The third-order valence-corrected chi connectivity index (χ3v) is 3.01. The molecule has 0 unspecified atom stereocenters. The Kier molecular flexibility index (Phi) is 2.57. The van der Waals surface area contributed by atoms with Crippen molar-refractivity contribution in [2.75, 3.05) is 0 Å². The van der Waals surface area contributed by atoms with E-state index in [-0.39, 0.29) is 0 Å². The van der Waals surface area contributed by atoms with Crippen LogP contribution in [0.5, 0.6) is 0 Å². The first-order valence-electron chi connectivity index (χ1n) is 5.36. The van der Waals surface area contributed by atoms with E-state index < -0.39 is 0 Å². The molecule has 1 heterocycles. The fourth-order valence-electron chi connectivity index (χ4n) is 1.88. The lowest BCUT2D eigenvalue weighted by atomic mass is 10.2. The first-order chi connectivity index (χ1) is 8.81. The van der Waals surface area contributed by atoms with Crippen molar-refractivity contribution < 1.29 is 4.79 Å². The Morgan fingerprint density at radius 1 is 1.11 bits per heavy atom. The Morgan fingerprint density at radius 2 is 1.94 bits per heavy atom. The summed E-state index contributed by atoms with van der Waals surface area (Å²) in [5, 5.41) is 8.58. The van der Waals surface area contributed by atoms with Gasteiger partial charge in [-0.2, -0.15) is 0 Å². The Balaban J connectivity index is 2.36. The zero-order chi connectivity index (χ0) is 12.5. The van der Waals surface area contributed by atoms with Crippen LogP contribution in [0.3, 0.4) is 0 Å². The third kappa shape index (κ3) is 1.58. The van der Waals surface area contributed by atoms with Crippen LogP contribution in [0.2, 0.25) is 5.02 Å². The van der Waals surface area contributed by atoms with Crippen molar-refractivity contribution in [3.63, 3.8) is 0 Å². The lowest BCUT2D eigenvalue weighted by molar-refractivity contribution is 0.112. The van der Waals surface area contributed by atoms with Gasteiger partial charge in [-0.25, -0.2) is 4.68 Å². The number of carbonyl (C=O) groups is 1. The number of aromatic nitrogens is 3. The van der Waals surface area contributed by atoms with Gasteiger partial charge >= 0.3 is 0 Å². The van der Waals surface area contributed by atoms with Crippen LogP contribution in [0.15, 0.2) is 42.5 Å². The maximum Gasteiger partial charge on any atom is 0.152 e. The number of fused-ring (bicyclic) bond motifs is 1. The average Bonchev–Trinajstić information content (AvgIpc) is 2.82. The number of para-hydroxylation sites is 2. The van der Waals surface area contributed by atoms with E-state index in [1.54, 1.807) is 22.9 Å². The zero-order valence-corrected chi connectivity index (χ0v) is 10.0. The van der Waals surface area contributed by atoms with Gasteiger partial charge < -0.3 is 0 Å². The standard InChI is InChI=1S/C13H8ClN3O/c14-10-5-3-4-9(8-18)13(10)17-12-7-2-1-6-11(12)15-16-17/h1-8H. The van der Waals surface area contributed by atoms with E-state index in [0.29, 0.717) is 16.3 Å². The highest BCUT2D eigenvalue weighted by Crippen LogP contribution is 2.25. The zero-order valence-electron chi connectivity index (χ0n) is 9.25. The summed E-state index contributed by atoms with van der Waals surface area (Å²) in [6.07, 6.45) is 0.762. The molecule has 5 heteroatoms. The molecule has 0 aliphatic heterocycles. The second-order valence-corrected chi connectivity index (χ2v) is 4.19. The van der Waals surface area contributed by atoms with Crippen molar-refractivity contribution >= 4 is 28.9 Å². The van der Waals surface area contributed by atoms with E-state index in [4.69, 9.17) is 11.6 Å². The van der Waals surface area contributed by atoms with Crippen molar-refractivity contribution in [3.05, 3.63) is 53.1 Å². The highest BCUT2D eigenvalue weighted by Gasteiger charge is 2.13. The molecule has 0 amide bonds. The van der Waals surface area contributed by atoms with E-state index in [0.717, 1.165) is 17.3 Å². The van der Waals surface area contributed by atoms with Gasteiger partial charge in [-0.15, -0.1) is 5.10 Å². The molecule has 18 heavy (non-hydrogen) atoms. The van der Waals surface area contributed by atoms with Crippen molar-refractivity contribution in [3.8, 4) is 5.69 Å². The lowest BCUT2D eigenvalue weighted by Gasteiger charge is -2.07. The van der Waals surface area contributed by atoms with Gasteiger partial charge in [0.1, 0.15) is 5.52 Å². The molecule has 0 aliphatic carbocycles. The first kappa shape index (κ1) is 10.9. The van der Waals surface area contributed by atoms with E-state index >= 15 is 0 Å². The minimum atomic E-state index is 0.468. The molecule has 3 rings (SSSR count). The summed E-state index contributed by atoms with van der Waals surface area (Å²) in [7, 11) is 0. The number of aldehydes is 1. The number of rotatable bonds is 2. The smallest absolute Gasteiger partial charge is 0.152 e. The molecule has 0 fully saturated rings. The van der Waals surface area contributed by atoms with Crippen molar-refractivity contribution in [2.24, 2.45) is 0 Å². The summed E-state index contributed by atoms with van der Waals surface area (Å²) in [6.45, 7) is 0. The van der Waals surface area contributed by atoms with Gasteiger partial charge in [-0.05, 0) is 24.3 Å². The molecular weight excluding hydrogens is 250 g/mol. The van der Waals surface area contributed by atoms with E-state index in [1.165, 1.54) is 0 Å². The normalized spacial score (nSPS) is 10.7. The van der Waals surface area contributed by atoms with Crippen molar-refractivity contribution in [1.29, 1.82) is 0 Å². The van der Waals surface area contributed by atoms with Crippen LogP contribution >= 0.6 is 11.6 Å². The lowest BCUT2D eigenvalue weighted by Crippen LogP contribution is -2.02. The second-order valence-electron chi connectivity index (χ2n) is 3.79. The van der Waals surface area contributed by atoms with Crippen LogP contribution in [0.1, 0.15) is 10.4 Å². The monoisotopic (exact) mass is 257 g/mol. The van der Waals surface area contributed by atoms with Crippen molar-refractivity contribution in [1.82, 2.24) is 15.0 Å². The van der Waals surface area contributed by atoms with Crippen LogP contribution in [0, 0.1) is 0 Å². The van der Waals surface area contributed by atoms with Gasteiger partial charge in [0.05, 0.1) is 16.2 Å². The fraction of sp³-hybridized carbons (Fsp3) is 0. The number of halogens is 1. The summed E-state index contributed by atoms with van der Waals surface area (Å²) in [4.78, 5) is 11.1. The largest absolute Gasteiger partial charge is 0.298 e. The van der Waals surface area contributed by atoms with E-state index in [9.17, 15) is 4.79 Å². The van der Waals surface area contributed by atoms with Gasteiger partial charge in [-0.3, -0.25) is 4.79 Å². The highest BCUT2D eigenvalue weighted by atomic mass is 35.5. The number of benzene rings is 2. The molecule has 0 spiro atoms. The molecule has 2 aromatic carbocycles. The Bertz CT molecular complexity index is 736. The number of carbonyl (C=O) groups excluding carboxylic acids is 1. The predicted molar refractivity (Wildman–Crippen MR) is 69.3 cm³/mol. The molecule has 0 saturated heterocycles. The molecule has 0 atom stereocenters. The number of hydrogen-bond acceptors (Lipinski definition) is 3. The quantitative estimate of drug-likeness (QED) is 0.663. The van der Waals surface area contributed by atoms with Crippen LogP contribution in [-0.2, 0) is 0 Å². The summed E-state index contributed by atoms with van der Waals surface area (Å²) in [5.74, 6) is 0. The number of hydrogen-bond donors (Lipinski definition) is 0. The van der Waals surface area contributed by atoms with Crippen LogP contribution < -0.4 is 0 Å². The Morgan fingerprint density at radius 3 is 2.78 bits per heavy atom. The maximum atomic E-state index is 11.1. The van der Waals surface area contributed by atoms with Crippen LogP contribution in [-0.4, -0.2) is 21.3 Å².